The van der Waals surface area contributed by atoms with Crippen molar-refractivity contribution in [1.82, 2.24) is 15.0 Å². The Hall–Kier alpha value is -2.14. The molecule has 0 aliphatic heterocycles. The molecule has 0 saturated heterocycles. The molecule has 3 aromatic rings. The van der Waals surface area contributed by atoms with Crippen LogP contribution in [-0.2, 0) is 0 Å². The summed E-state index contributed by atoms with van der Waals surface area (Å²) in [6.07, 6.45) is 0. The van der Waals surface area contributed by atoms with Crippen LogP contribution in [0.2, 0.25) is 5.02 Å². The quantitative estimate of drug-likeness (QED) is 0.708. The summed E-state index contributed by atoms with van der Waals surface area (Å²) in [6.45, 7) is 0. The highest BCUT2D eigenvalue weighted by Gasteiger charge is 2.08. The van der Waals surface area contributed by atoms with Crippen LogP contribution in [0.15, 0.2) is 30.3 Å². The highest BCUT2D eigenvalue weighted by Crippen LogP contribution is 2.24. The number of hydrogen-bond donors (Lipinski definition) is 2. The number of pyridine rings is 1. The van der Waals surface area contributed by atoms with Gasteiger partial charge in [0.15, 0.2) is 5.65 Å². The molecule has 6 heteroatoms. The molecular formula is C12H8ClFN4. The van der Waals surface area contributed by atoms with Crippen LogP contribution < -0.4 is 5.73 Å². The van der Waals surface area contributed by atoms with Gasteiger partial charge in [-0.1, -0.05) is 11.6 Å². The number of aromatic nitrogens is 3. The van der Waals surface area contributed by atoms with Crippen molar-refractivity contribution in [3.8, 4) is 11.4 Å². The Bertz CT molecular complexity index is 738. The number of benzene rings is 1. The van der Waals surface area contributed by atoms with Gasteiger partial charge in [0.25, 0.3) is 0 Å². The standard InChI is InChI=1S/C12H8ClFN4/c13-7-2-1-6(5-8(7)14)11-16-9-3-4-10(15)17-12(9)18-11/h1-5H,(H3,15,16,17,18). The van der Waals surface area contributed by atoms with Gasteiger partial charge in [-0.25, -0.2) is 14.4 Å². The molecular weight excluding hydrogens is 255 g/mol. The number of fused-ring (bicyclic) bond motifs is 1. The van der Waals surface area contributed by atoms with Crippen molar-refractivity contribution in [3.05, 3.63) is 41.2 Å². The molecule has 4 nitrogen and oxygen atoms in total. The molecule has 2 aromatic heterocycles. The van der Waals surface area contributed by atoms with Crippen molar-refractivity contribution in [2.75, 3.05) is 5.73 Å². The first-order chi connectivity index (χ1) is 8.63. The molecule has 0 bridgehead atoms. The second-order valence-electron chi connectivity index (χ2n) is 3.82. The van der Waals surface area contributed by atoms with Gasteiger partial charge in [-0.15, -0.1) is 0 Å². The van der Waals surface area contributed by atoms with Crippen LogP contribution in [-0.4, -0.2) is 15.0 Å². The van der Waals surface area contributed by atoms with Gasteiger partial charge in [-0.05, 0) is 30.3 Å². The van der Waals surface area contributed by atoms with Crippen molar-refractivity contribution >= 4 is 28.6 Å². The first kappa shape index (κ1) is 11.0. The fourth-order valence-corrected chi connectivity index (χ4v) is 1.80. The zero-order valence-corrected chi connectivity index (χ0v) is 9.87. The molecule has 0 radical (unpaired) electrons. The van der Waals surface area contributed by atoms with Crippen molar-refractivity contribution in [1.29, 1.82) is 0 Å². The molecule has 90 valence electrons. The summed E-state index contributed by atoms with van der Waals surface area (Å²) in [5, 5.41) is 0.0808. The van der Waals surface area contributed by atoms with Crippen LogP contribution in [0.1, 0.15) is 0 Å². The molecule has 3 N–H and O–H groups in total. The minimum absolute atomic E-state index is 0.0808. The SMILES string of the molecule is Nc1ccc2[nH]c(-c3ccc(Cl)c(F)c3)nc2n1. The Morgan fingerprint density at radius 1 is 1.17 bits per heavy atom. The minimum Gasteiger partial charge on any atom is -0.384 e. The summed E-state index contributed by atoms with van der Waals surface area (Å²) >= 11 is 5.63. The average molecular weight is 263 g/mol. The van der Waals surface area contributed by atoms with Crippen LogP contribution in [0.5, 0.6) is 0 Å². The molecule has 0 unspecified atom stereocenters. The van der Waals surface area contributed by atoms with Gasteiger partial charge in [0.05, 0.1) is 10.5 Å². The molecule has 0 fully saturated rings. The lowest BCUT2D eigenvalue weighted by atomic mass is 10.2. The van der Waals surface area contributed by atoms with Crippen molar-refractivity contribution < 1.29 is 4.39 Å². The second kappa shape index (κ2) is 3.96. The van der Waals surface area contributed by atoms with Gasteiger partial charge in [-0.3, -0.25) is 0 Å². The normalized spacial score (nSPS) is 11.0. The van der Waals surface area contributed by atoms with Crippen LogP contribution in [0.3, 0.4) is 0 Å². The third kappa shape index (κ3) is 1.78. The van der Waals surface area contributed by atoms with Gasteiger partial charge >= 0.3 is 0 Å². The Morgan fingerprint density at radius 3 is 2.78 bits per heavy atom. The summed E-state index contributed by atoms with van der Waals surface area (Å²) < 4.78 is 13.4. The average Bonchev–Trinajstić information content (AvgIpc) is 2.75. The Kier molecular flexibility index (Phi) is 2.41. The maximum Gasteiger partial charge on any atom is 0.180 e. The molecule has 0 aliphatic rings. The Balaban J connectivity index is 2.16. The topological polar surface area (TPSA) is 67.6 Å². The number of halogens is 2. The lowest BCUT2D eigenvalue weighted by molar-refractivity contribution is 0.628. The minimum atomic E-state index is -0.484. The van der Waals surface area contributed by atoms with Gasteiger partial charge in [-0.2, -0.15) is 0 Å². The molecule has 3 rings (SSSR count). The van der Waals surface area contributed by atoms with Crippen LogP contribution >= 0.6 is 11.6 Å². The van der Waals surface area contributed by atoms with Crippen molar-refractivity contribution in [2.45, 2.75) is 0 Å². The number of rotatable bonds is 1. The number of aromatic amines is 1. The number of imidazole rings is 1. The van der Waals surface area contributed by atoms with Crippen LogP contribution in [0.4, 0.5) is 10.2 Å². The number of hydrogen-bond acceptors (Lipinski definition) is 3. The summed E-state index contributed by atoms with van der Waals surface area (Å²) in [6, 6.07) is 7.95. The van der Waals surface area contributed by atoms with E-state index >= 15 is 0 Å². The van der Waals surface area contributed by atoms with Gasteiger partial charge < -0.3 is 10.7 Å². The number of H-pyrrole nitrogens is 1. The lowest BCUT2D eigenvalue weighted by Gasteiger charge is -1.97. The third-order valence-electron chi connectivity index (χ3n) is 2.56. The summed E-state index contributed by atoms with van der Waals surface area (Å²) in [5.41, 5.74) is 7.42. The van der Waals surface area contributed by atoms with Crippen molar-refractivity contribution in [3.63, 3.8) is 0 Å². The van der Waals surface area contributed by atoms with Gasteiger partial charge in [0.2, 0.25) is 0 Å². The highest BCUT2D eigenvalue weighted by atomic mass is 35.5. The monoisotopic (exact) mass is 262 g/mol. The number of anilines is 1. The summed E-state index contributed by atoms with van der Waals surface area (Å²) in [7, 11) is 0. The van der Waals surface area contributed by atoms with E-state index in [0.717, 1.165) is 5.52 Å². The van der Waals surface area contributed by atoms with Crippen LogP contribution in [0, 0.1) is 5.82 Å². The predicted octanol–water partition coefficient (Wildman–Crippen LogP) is 3.00. The van der Waals surface area contributed by atoms with E-state index in [1.807, 2.05) is 0 Å². The first-order valence-corrected chi connectivity index (χ1v) is 5.59. The molecule has 0 atom stereocenters. The first-order valence-electron chi connectivity index (χ1n) is 5.21. The largest absolute Gasteiger partial charge is 0.384 e. The number of nitrogen functional groups attached to an aromatic ring is 1. The summed E-state index contributed by atoms with van der Waals surface area (Å²) in [4.78, 5) is 11.4. The Morgan fingerprint density at radius 2 is 2.00 bits per heavy atom. The van der Waals surface area contributed by atoms with Gasteiger partial charge in [0, 0.05) is 5.56 Å². The maximum atomic E-state index is 13.4. The number of nitrogens with one attached hydrogen (secondary N) is 1. The smallest absolute Gasteiger partial charge is 0.180 e. The Labute approximate surface area is 107 Å². The molecule has 0 spiro atoms. The number of nitrogens with zero attached hydrogens (tertiary/aromatic N) is 2. The van der Waals surface area contributed by atoms with Gasteiger partial charge in [0.1, 0.15) is 17.5 Å². The number of nitrogens with two attached hydrogens (primary N) is 1. The highest BCUT2D eigenvalue weighted by molar-refractivity contribution is 6.30. The molecule has 0 aliphatic carbocycles. The molecule has 0 saturated carbocycles. The maximum absolute atomic E-state index is 13.4. The van der Waals surface area contributed by atoms with E-state index in [1.165, 1.54) is 12.1 Å². The molecule has 1 aromatic carbocycles. The lowest BCUT2D eigenvalue weighted by Crippen LogP contribution is -1.88. The van der Waals surface area contributed by atoms with E-state index < -0.39 is 5.82 Å². The van der Waals surface area contributed by atoms with E-state index in [0.29, 0.717) is 22.9 Å². The molecule has 0 amide bonds. The molecule has 2 heterocycles. The van der Waals surface area contributed by atoms with Crippen molar-refractivity contribution in [2.24, 2.45) is 0 Å². The fraction of sp³-hybridized carbons (Fsp3) is 0. The van der Waals surface area contributed by atoms with E-state index in [4.69, 9.17) is 17.3 Å². The predicted molar refractivity (Wildman–Crippen MR) is 68.7 cm³/mol. The molecule has 18 heavy (non-hydrogen) atoms. The second-order valence-corrected chi connectivity index (χ2v) is 4.23. The fourth-order valence-electron chi connectivity index (χ4n) is 1.69. The van der Waals surface area contributed by atoms with E-state index in [1.54, 1.807) is 18.2 Å². The zero-order valence-electron chi connectivity index (χ0n) is 9.11. The third-order valence-corrected chi connectivity index (χ3v) is 2.87. The van der Waals surface area contributed by atoms with Crippen LogP contribution in [0.25, 0.3) is 22.6 Å². The van der Waals surface area contributed by atoms with E-state index in [2.05, 4.69) is 15.0 Å². The van der Waals surface area contributed by atoms with E-state index in [-0.39, 0.29) is 5.02 Å². The zero-order chi connectivity index (χ0) is 12.7. The van der Waals surface area contributed by atoms with E-state index in [9.17, 15) is 4.39 Å². The summed E-state index contributed by atoms with van der Waals surface area (Å²) in [5.74, 6) is 0.434.